The van der Waals surface area contributed by atoms with E-state index in [4.69, 9.17) is 14.2 Å². The summed E-state index contributed by atoms with van der Waals surface area (Å²) in [5.41, 5.74) is 3.28. The highest BCUT2D eigenvalue weighted by Gasteiger charge is 2.22. The Morgan fingerprint density at radius 1 is 0.862 bits per heavy atom. The average molecular weight is 390 g/mol. The SMILES string of the molecule is CCOc1ccc(/C=N\NC(=O)C(Oc2ccccc2)Oc2ccccc2)cc1. The van der Waals surface area contributed by atoms with Gasteiger partial charge >= 0.3 is 12.2 Å². The maximum Gasteiger partial charge on any atom is 0.323 e. The molecule has 0 spiro atoms. The number of carbonyl (C=O) groups excluding carboxylic acids is 1. The molecule has 0 radical (unpaired) electrons. The van der Waals surface area contributed by atoms with Crippen LogP contribution in [-0.4, -0.2) is 25.0 Å². The van der Waals surface area contributed by atoms with Crippen molar-refractivity contribution in [2.24, 2.45) is 5.10 Å². The molecule has 0 atom stereocenters. The predicted molar refractivity (Wildman–Crippen MR) is 111 cm³/mol. The number of hydrogen-bond acceptors (Lipinski definition) is 5. The number of amides is 1. The number of benzene rings is 3. The summed E-state index contributed by atoms with van der Waals surface area (Å²) in [6, 6.07) is 25.4. The number of nitrogens with one attached hydrogen (secondary N) is 1. The van der Waals surface area contributed by atoms with Crippen molar-refractivity contribution in [2.75, 3.05) is 6.61 Å². The molecule has 0 aliphatic heterocycles. The average Bonchev–Trinajstić information content (AvgIpc) is 2.76. The topological polar surface area (TPSA) is 69.2 Å². The number of rotatable bonds is 9. The molecule has 29 heavy (non-hydrogen) atoms. The smallest absolute Gasteiger partial charge is 0.323 e. The first kappa shape index (κ1) is 19.9. The maximum absolute atomic E-state index is 12.6. The molecule has 0 bridgehead atoms. The van der Waals surface area contributed by atoms with E-state index in [2.05, 4.69) is 10.5 Å². The molecular formula is C23H22N2O4. The van der Waals surface area contributed by atoms with E-state index in [1.54, 1.807) is 24.3 Å². The van der Waals surface area contributed by atoms with Gasteiger partial charge in [-0.15, -0.1) is 0 Å². The number of hydrazone groups is 1. The molecule has 0 saturated carbocycles. The van der Waals surface area contributed by atoms with Crippen molar-refractivity contribution in [1.29, 1.82) is 0 Å². The summed E-state index contributed by atoms with van der Waals surface area (Å²) in [5, 5.41) is 4.00. The van der Waals surface area contributed by atoms with Crippen molar-refractivity contribution >= 4 is 12.1 Å². The van der Waals surface area contributed by atoms with Crippen LogP contribution in [0.3, 0.4) is 0 Å². The molecule has 3 aromatic rings. The largest absolute Gasteiger partial charge is 0.494 e. The van der Waals surface area contributed by atoms with E-state index in [9.17, 15) is 4.79 Å². The Morgan fingerprint density at radius 2 is 1.41 bits per heavy atom. The zero-order valence-corrected chi connectivity index (χ0v) is 16.0. The fourth-order valence-electron chi connectivity index (χ4n) is 2.42. The Morgan fingerprint density at radius 3 is 1.93 bits per heavy atom. The van der Waals surface area contributed by atoms with Crippen molar-refractivity contribution in [3.05, 3.63) is 90.5 Å². The Labute approximate surface area is 169 Å². The van der Waals surface area contributed by atoms with Crippen LogP contribution in [0.15, 0.2) is 90.0 Å². The van der Waals surface area contributed by atoms with Crippen LogP contribution in [0.4, 0.5) is 0 Å². The summed E-state index contributed by atoms with van der Waals surface area (Å²) in [6.07, 6.45) is 0.340. The summed E-state index contributed by atoms with van der Waals surface area (Å²) in [4.78, 5) is 12.6. The fraction of sp³-hybridized carbons (Fsp3) is 0.130. The molecule has 0 aromatic heterocycles. The van der Waals surface area contributed by atoms with E-state index in [0.29, 0.717) is 18.1 Å². The van der Waals surface area contributed by atoms with E-state index in [1.807, 2.05) is 67.6 Å². The summed E-state index contributed by atoms with van der Waals surface area (Å²) >= 11 is 0. The number of para-hydroxylation sites is 2. The summed E-state index contributed by atoms with van der Waals surface area (Å²) in [7, 11) is 0. The number of carbonyl (C=O) groups is 1. The fourth-order valence-corrected chi connectivity index (χ4v) is 2.42. The monoisotopic (exact) mass is 390 g/mol. The number of hydrogen-bond donors (Lipinski definition) is 1. The molecule has 6 heteroatoms. The van der Waals surface area contributed by atoms with Gasteiger partial charge < -0.3 is 14.2 Å². The zero-order chi connectivity index (χ0) is 20.3. The molecule has 0 aliphatic rings. The summed E-state index contributed by atoms with van der Waals surface area (Å²) in [5.74, 6) is 1.28. The second-order valence-electron chi connectivity index (χ2n) is 5.93. The minimum atomic E-state index is -1.20. The molecule has 1 N–H and O–H groups in total. The third-order valence-electron chi connectivity index (χ3n) is 3.77. The molecule has 0 aliphatic carbocycles. The second-order valence-corrected chi connectivity index (χ2v) is 5.93. The van der Waals surface area contributed by atoms with Gasteiger partial charge in [0, 0.05) is 0 Å². The van der Waals surface area contributed by atoms with Crippen LogP contribution in [-0.2, 0) is 4.79 Å². The molecular weight excluding hydrogens is 368 g/mol. The van der Waals surface area contributed by atoms with Crippen molar-refractivity contribution in [2.45, 2.75) is 13.2 Å². The lowest BCUT2D eigenvalue weighted by atomic mass is 10.2. The van der Waals surface area contributed by atoms with Gasteiger partial charge in [0.15, 0.2) is 0 Å². The molecule has 0 heterocycles. The Balaban J connectivity index is 1.65. The van der Waals surface area contributed by atoms with Crippen molar-refractivity contribution in [3.8, 4) is 17.2 Å². The first-order chi connectivity index (χ1) is 14.2. The first-order valence-corrected chi connectivity index (χ1v) is 9.24. The minimum Gasteiger partial charge on any atom is -0.494 e. The van der Waals surface area contributed by atoms with Crippen LogP contribution >= 0.6 is 0 Å². The van der Waals surface area contributed by atoms with Crippen LogP contribution in [0, 0.1) is 0 Å². The quantitative estimate of drug-likeness (QED) is 0.340. The van der Waals surface area contributed by atoms with Gasteiger partial charge in [-0.1, -0.05) is 36.4 Å². The normalized spacial score (nSPS) is 10.7. The molecule has 3 rings (SSSR count). The highest BCUT2D eigenvalue weighted by atomic mass is 16.7. The number of nitrogens with zero attached hydrogens (tertiary/aromatic N) is 1. The van der Waals surface area contributed by atoms with E-state index >= 15 is 0 Å². The zero-order valence-electron chi connectivity index (χ0n) is 16.0. The molecule has 148 valence electrons. The molecule has 0 saturated heterocycles. The van der Waals surface area contributed by atoms with Gasteiger partial charge in [0.2, 0.25) is 0 Å². The minimum absolute atomic E-state index is 0.513. The molecule has 1 amide bonds. The lowest BCUT2D eigenvalue weighted by Gasteiger charge is -2.18. The van der Waals surface area contributed by atoms with E-state index in [-0.39, 0.29) is 0 Å². The highest BCUT2D eigenvalue weighted by Crippen LogP contribution is 2.16. The van der Waals surface area contributed by atoms with Crippen molar-refractivity contribution in [1.82, 2.24) is 5.43 Å². The van der Waals surface area contributed by atoms with Gasteiger partial charge in [-0.3, -0.25) is 4.79 Å². The summed E-state index contributed by atoms with van der Waals surface area (Å²) in [6.45, 7) is 2.53. The lowest BCUT2D eigenvalue weighted by molar-refractivity contribution is -0.140. The van der Waals surface area contributed by atoms with Crippen LogP contribution in [0.1, 0.15) is 12.5 Å². The Hall–Kier alpha value is -3.80. The van der Waals surface area contributed by atoms with Crippen molar-refractivity contribution in [3.63, 3.8) is 0 Å². The Kier molecular flexibility index (Phi) is 7.23. The van der Waals surface area contributed by atoms with Gasteiger partial charge in [0.05, 0.1) is 12.8 Å². The number of ether oxygens (including phenoxy) is 3. The Bertz CT molecular complexity index is 871. The lowest BCUT2D eigenvalue weighted by Crippen LogP contribution is -2.40. The van der Waals surface area contributed by atoms with E-state index < -0.39 is 12.2 Å². The molecule has 0 fully saturated rings. The van der Waals surface area contributed by atoms with Crippen LogP contribution in [0.2, 0.25) is 0 Å². The summed E-state index contributed by atoms with van der Waals surface area (Å²) < 4.78 is 16.8. The predicted octanol–water partition coefficient (Wildman–Crippen LogP) is 4.02. The highest BCUT2D eigenvalue weighted by molar-refractivity contribution is 5.84. The van der Waals surface area contributed by atoms with Gasteiger partial charge in [0.25, 0.3) is 0 Å². The van der Waals surface area contributed by atoms with Crippen LogP contribution < -0.4 is 19.6 Å². The third-order valence-corrected chi connectivity index (χ3v) is 3.77. The van der Waals surface area contributed by atoms with Crippen LogP contribution in [0.5, 0.6) is 17.2 Å². The third kappa shape index (κ3) is 6.39. The second kappa shape index (κ2) is 10.5. The first-order valence-electron chi connectivity index (χ1n) is 9.24. The van der Waals surface area contributed by atoms with Crippen LogP contribution in [0.25, 0.3) is 0 Å². The van der Waals surface area contributed by atoms with E-state index in [0.717, 1.165) is 11.3 Å². The van der Waals surface area contributed by atoms with Gasteiger partial charge in [-0.25, -0.2) is 5.43 Å². The van der Waals surface area contributed by atoms with E-state index in [1.165, 1.54) is 6.21 Å². The van der Waals surface area contributed by atoms with Gasteiger partial charge in [0.1, 0.15) is 17.2 Å². The van der Waals surface area contributed by atoms with Gasteiger partial charge in [-0.05, 0) is 61.0 Å². The standard InChI is InChI=1S/C23H22N2O4/c1-2-27-19-15-13-18(14-16-19)17-24-25-22(26)23(28-20-9-5-3-6-10-20)29-21-11-7-4-8-12-21/h3-17,23H,2H2,1H3,(H,25,26)/b24-17-. The molecule has 6 nitrogen and oxygen atoms in total. The van der Waals surface area contributed by atoms with Gasteiger partial charge in [-0.2, -0.15) is 5.10 Å². The maximum atomic E-state index is 12.6. The molecule has 0 unspecified atom stereocenters. The molecule has 3 aromatic carbocycles. The van der Waals surface area contributed by atoms with Crippen molar-refractivity contribution < 1.29 is 19.0 Å².